The second-order valence-corrected chi connectivity index (χ2v) is 11.7. The molecule has 0 spiro atoms. The van der Waals surface area contributed by atoms with Crippen LogP contribution in [0.15, 0.2) is 48.5 Å². The minimum absolute atomic E-state index is 0.0582. The van der Waals surface area contributed by atoms with Crippen molar-refractivity contribution in [3.63, 3.8) is 0 Å². The Bertz CT molecular complexity index is 1190. The summed E-state index contributed by atoms with van der Waals surface area (Å²) in [4.78, 5) is 25.9. The van der Waals surface area contributed by atoms with Gasteiger partial charge in [-0.25, -0.2) is 8.42 Å². The Morgan fingerprint density at radius 2 is 1.78 bits per heavy atom. The normalized spacial score (nSPS) is 13.8. The molecule has 0 fully saturated rings. The summed E-state index contributed by atoms with van der Waals surface area (Å²) in [6, 6.07) is 11.4. The lowest BCUT2D eigenvalue weighted by Crippen LogP contribution is -2.57. The van der Waals surface area contributed by atoms with Crippen LogP contribution in [0, 0.1) is 12.3 Å². The molecule has 0 aromatic heterocycles. The molecule has 2 rings (SSSR count). The number of amides is 2. The van der Waals surface area contributed by atoms with Crippen LogP contribution in [-0.4, -0.2) is 60.9 Å². The fourth-order valence-electron chi connectivity index (χ4n) is 3.42. The fraction of sp³-hybridized carbons (Fsp3) is 0.400. The molecule has 0 radical (unpaired) electrons. The molecule has 10 nitrogen and oxygen atoms in total. The van der Waals surface area contributed by atoms with Gasteiger partial charge in [0.1, 0.15) is 17.9 Å². The van der Waals surface area contributed by atoms with Gasteiger partial charge in [-0.2, -0.15) is 16.5 Å². The van der Waals surface area contributed by atoms with Crippen LogP contribution in [0.1, 0.15) is 36.1 Å². The summed E-state index contributed by atoms with van der Waals surface area (Å²) in [6.45, 7) is 5.25. The number of nitrogens with one attached hydrogen (secondary N) is 4. The van der Waals surface area contributed by atoms with E-state index in [-0.39, 0.29) is 23.9 Å². The molecule has 0 heterocycles. The number of aryl methyl sites for hydroxylation is 1. The number of hydrogen-bond acceptors (Lipinski definition) is 7. The van der Waals surface area contributed by atoms with Crippen LogP contribution < -0.4 is 21.1 Å². The van der Waals surface area contributed by atoms with Crippen molar-refractivity contribution in [1.29, 1.82) is 5.41 Å². The predicted octanol–water partition coefficient (Wildman–Crippen LogP) is 1.00. The average molecular weight is 550 g/mol. The molecule has 2 amide bonds. The number of thioether (sulfide) groups is 1. The van der Waals surface area contributed by atoms with E-state index in [4.69, 9.17) is 11.1 Å². The van der Waals surface area contributed by atoms with Crippen molar-refractivity contribution in [3.8, 4) is 0 Å². The predicted molar refractivity (Wildman–Crippen MR) is 147 cm³/mol. The summed E-state index contributed by atoms with van der Waals surface area (Å²) in [7, 11) is -3.97. The van der Waals surface area contributed by atoms with E-state index in [1.165, 1.54) is 18.7 Å². The molecule has 202 valence electrons. The molecule has 0 saturated carbocycles. The van der Waals surface area contributed by atoms with Gasteiger partial charge in [-0.3, -0.25) is 15.0 Å². The van der Waals surface area contributed by atoms with E-state index in [0.717, 1.165) is 11.1 Å². The Hall–Kier alpha value is -2.93. The third-order valence-corrected chi connectivity index (χ3v) is 7.67. The van der Waals surface area contributed by atoms with E-state index in [2.05, 4.69) is 15.4 Å². The maximum Gasteiger partial charge on any atom is 0.243 e. The number of rotatable bonds is 14. The van der Waals surface area contributed by atoms with Crippen molar-refractivity contribution in [1.82, 2.24) is 15.4 Å². The van der Waals surface area contributed by atoms with Crippen molar-refractivity contribution < 1.29 is 23.1 Å². The quantitative estimate of drug-likeness (QED) is 0.151. The lowest BCUT2D eigenvalue weighted by molar-refractivity contribution is -0.130. The van der Waals surface area contributed by atoms with Gasteiger partial charge in [0.25, 0.3) is 0 Å². The smallest absolute Gasteiger partial charge is 0.243 e. The third kappa shape index (κ3) is 10.2. The zero-order chi connectivity index (χ0) is 27.6. The number of aliphatic hydroxyl groups is 1. The Morgan fingerprint density at radius 1 is 1.11 bits per heavy atom. The summed E-state index contributed by atoms with van der Waals surface area (Å²) in [5.74, 6) is -0.697. The van der Waals surface area contributed by atoms with Crippen LogP contribution in [0.2, 0.25) is 0 Å². The summed E-state index contributed by atoms with van der Waals surface area (Å²) in [5, 5.41) is 23.0. The number of sulfonamides is 1. The van der Waals surface area contributed by atoms with Crippen molar-refractivity contribution in [2.45, 2.75) is 51.3 Å². The highest BCUT2D eigenvalue weighted by Crippen LogP contribution is 2.10. The molecule has 3 atom stereocenters. The summed E-state index contributed by atoms with van der Waals surface area (Å²) >= 11 is 1.44. The SMILES string of the molecule is CCSC[C@H](NC(=O)[C@H](NS(=O)(=O)Cc1cccc(C)c1)C(C)O)C(=O)NCc1ccc(C(=N)N)cc1. The number of aliphatic hydroxyl groups excluding tert-OH is 1. The molecule has 7 N–H and O–H groups in total. The molecular formula is C25H35N5O5S2. The zero-order valence-corrected chi connectivity index (χ0v) is 22.8. The number of nitrogen functional groups attached to an aromatic ring is 1. The van der Waals surface area contributed by atoms with Crippen LogP contribution >= 0.6 is 11.8 Å². The van der Waals surface area contributed by atoms with Crippen LogP contribution in [0.3, 0.4) is 0 Å². The monoisotopic (exact) mass is 549 g/mol. The van der Waals surface area contributed by atoms with Gasteiger partial charge < -0.3 is 21.5 Å². The first-order valence-corrected chi connectivity index (χ1v) is 14.5. The van der Waals surface area contributed by atoms with E-state index in [9.17, 15) is 23.1 Å². The summed E-state index contributed by atoms with van der Waals surface area (Å²) in [5.41, 5.74) is 8.24. The van der Waals surface area contributed by atoms with Crippen molar-refractivity contribution >= 4 is 39.4 Å². The second-order valence-electron chi connectivity index (χ2n) is 8.63. The van der Waals surface area contributed by atoms with E-state index < -0.39 is 40.0 Å². The van der Waals surface area contributed by atoms with Crippen LogP contribution in [0.5, 0.6) is 0 Å². The Balaban J connectivity index is 2.07. The lowest BCUT2D eigenvalue weighted by Gasteiger charge is -2.24. The number of hydrogen-bond donors (Lipinski definition) is 6. The number of benzene rings is 2. The summed E-state index contributed by atoms with van der Waals surface area (Å²) < 4.78 is 27.8. The van der Waals surface area contributed by atoms with E-state index in [1.807, 2.05) is 19.9 Å². The molecule has 0 saturated heterocycles. The van der Waals surface area contributed by atoms with Crippen molar-refractivity contribution in [2.75, 3.05) is 11.5 Å². The molecule has 2 aromatic rings. The Kier molecular flexibility index (Phi) is 11.6. The molecule has 0 aliphatic rings. The average Bonchev–Trinajstić information content (AvgIpc) is 2.83. The Labute approximate surface area is 222 Å². The highest BCUT2D eigenvalue weighted by atomic mass is 32.2. The van der Waals surface area contributed by atoms with Gasteiger partial charge in [0.05, 0.1) is 11.9 Å². The van der Waals surface area contributed by atoms with Gasteiger partial charge >= 0.3 is 0 Å². The van der Waals surface area contributed by atoms with Crippen molar-refractivity contribution in [3.05, 3.63) is 70.8 Å². The number of carbonyl (C=O) groups excluding carboxylic acids is 2. The highest BCUT2D eigenvalue weighted by Gasteiger charge is 2.31. The molecule has 2 aromatic carbocycles. The first kappa shape index (κ1) is 30.3. The first-order valence-electron chi connectivity index (χ1n) is 11.7. The van der Waals surface area contributed by atoms with E-state index in [0.29, 0.717) is 16.9 Å². The third-order valence-electron chi connectivity index (χ3n) is 5.36. The van der Waals surface area contributed by atoms with Crippen LogP contribution in [-0.2, 0) is 31.9 Å². The molecule has 37 heavy (non-hydrogen) atoms. The van der Waals surface area contributed by atoms with E-state index >= 15 is 0 Å². The maximum absolute atomic E-state index is 13.0. The minimum Gasteiger partial charge on any atom is -0.391 e. The number of nitrogens with two attached hydrogens (primary N) is 1. The standard InChI is InChI=1S/C25H35N5O5S2/c1-4-36-14-21(24(32)28-13-18-8-10-20(11-9-18)23(26)27)29-25(33)22(17(3)31)30-37(34,35)15-19-7-5-6-16(2)12-19/h5-12,17,21-22,30-31H,4,13-15H2,1-3H3,(H3,26,27)(H,28,32)(H,29,33)/t17?,21-,22+/m0/s1. The van der Waals surface area contributed by atoms with Crippen LogP contribution in [0.25, 0.3) is 0 Å². The lowest BCUT2D eigenvalue weighted by atomic mass is 10.1. The molecule has 0 aliphatic carbocycles. The summed E-state index contributed by atoms with van der Waals surface area (Å²) in [6.07, 6.45) is -1.34. The van der Waals surface area contributed by atoms with Gasteiger partial charge in [-0.05, 0) is 30.7 Å². The van der Waals surface area contributed by atoms with Crippen LogP contribution in [0.4, 0.5) is 0 Å². The van der Waals surface area contributed by atoms with Gasteiger partial charge in [0, 0.05) is 17.9 Å². The molecule has 12 heteroatoms. The first-order chi connectivity index (χ1) is 17.4. The van der Waals surface area contributed by atoms with Crippen molar-refractivity contribution in [2.24, 2.45) is 5.73 Å². The van der Waals surface area contributed by atoms with Gasteiger partial charge in [0.2, 0.25) is 21.8 Å². The largest absolute Gasteiger partial charge is 0.391 e. The maximum atomic E-state index is 13.0. The topological polar surface area (TPSA) is 174 Å². The Morgan fingerprint density at radius 3 is 2.35 bits per heavy atom. The van der Waals surface area contributed by atoms with Gasteiger partial charge in [-0.1, -0.05) is 61.0 Å². The molecular weight excluding hydrogens is 514 g/mol. The molecule has 1 unspecified atom stereocenters. The zero-order valence-electron chi connectivity index (χ0n) is 21.2. The number of carbonyl (C=O) groups is 2. The molecule has 0 aliphatic heterocycles. The van der Waals surface area contributed by atoms with Gasteiger partial charge in [0.15, 0.2) is 0 Å². The second kappa shape index (κ2) is 14.1. The molecule has 0 bridgehead atoms. The fourth-order valence-corrected chi connectivity index (χ4v) is 5.52. The van der Waals surface area contributed by atoms with E-state index in [1.54, 1.807) is 42.5 Å². The van der Waals surface area contributed by atoms with Gasteiger partial charge in [-0.15, -0.1) is 0 Å². The number of amidine groups is 1. The highest BCUT2D eigenvalue weighted by molar-refractivity contribution is 7.99. The minimum atomic E-state index is -3.97.